The second-order valence-electron chi connectivity index (χ2n) is 1.60. The number of aliphatic hydroxyl groups excluding tert-OH is 2. The third-order valence-corrected chi connectivity index (χ3v) is 1.30. The van der Waals surface area contributed by atoms with Gasteiger partial charge in [-0.05, 0) is 0 Å². The average molecular weight is 202 g/mol. The van der Waals surface area contributed by atoms with Crippen molar-refractivity contribution in [3.05, 3.63) is 0 Å². The lowest BCUT2D eigenvalue weighted by Gasteiger charge is -2.10. The van der Waals surface area contributed by atoms with Crippen molar-refractivity contribution in [3.8, 4) is 0 Å². The van der Waals surface area contributed by atoms with E-state index in [9.17, 15) is 4.79 Å². The molecule has 0 aromatic carbocycles. The zero-order chi connectivity index (χ0) is 9.07. The molecule has 0 aromatic rings. The van der Waals surface area contributed by atoms with Crippen molar-refractivity contribution < 1.29 is 29.3 Å². The fourth-order valence-electron chi connectivity index (χ4n) is 0.253. The summed E-state index contributed by atoms with van der Waals surface area (Å²) in [6, 6.07) is 0. The van der Waals surface area contributed by atoms with Crippen molar-refractivity contribution in [2.45, 2.75) is 6.10 Å². The molecule has 0 radical (unpaired) electrons. The highest BCUT2D eigenvalue weighted by molar-refractivity contribution is 8.06. The second kappa shape index (κ2) is 4.10. The molecule has 0 aliphatic heterocycles. The van der Waals surface area contributed by atoms with Crippen molar-refractivity contribution >= 4 is 24.5 Å². The zero-order valence-corrected chi connectivity index (χ0v) is 6.96. The van der Waals surface area contributed by atoms with Gasteiger partial charge in [0.25, 0.3) is 0 Å². The summed E-state index contributed by atoms with van der Waals surface area (Å²) in [6.45, 7) is -4.93. The highest BCUT2D eigenvalue weighted by Crippen LogP contribution is 2.36. The Morgan fingerprint density at radius 1 is 1.64 bits per heavy atom. The van der Waals surface area contributed by atoms with E-state index < -0.39 is 25.4 Å². The van der Waals surface area contributed by atoms with Crippen molar-refractivity contribution in [1.82, 2.24) is 0 Å². The van der Waals surface area contributed by atoms with Crippen LogP contribution < -0.4 is 0 Å². The molecule has 4 N–H and O–H groups in total. The first kappa shape index (κ1) is 11.0. The Morgan fingerprint density at radius 3 is 2.36 bits per heavy atom. The summed E-state index contributed by atoms with van der Waals surface area (Å²) in [7, 11) is 0. The quantitative estimate of drug-likeness (QED) is 0.395. The van der Waals surface area contributed by atoms with Crippen LogP contribution in [0.5, 0.6) is 0 Å². The standard InChI is InChI=1S/C3H7O6PS/c4-1-2(5)3(6)9-10(7,8)11/h2,4-5H,1H2,(H2,7,8,11). The molecule has 6 nitrogen and oxygen atoms in total. The van der Waals surface area contributed by atoms with Crippen LogP contribution in [-0.4, -0.2) is 38.7 Å². The third-order valence-electron chi connectivity index (χ3n) is 0.654. The van der Waals surface area contributed by atoms with Crippen LogP contribution in [0.4, 0.5) is 0 Å². The minimum absolute atomic E-state index is 0.853. The van der Waals surface area contributed by atoms with E-state index in [0.717, 1.165) is 0 Å². The summed E-state index contributed by atoms with van der Waals surface area (Å²) in [4.78, 5) is 27.2. The van der Waals surface area contributed by atoms with Gasteiger partial charge >= 0.3 is 12.7 Å². The summed E-state index contributed by atoms with van der Waals surface area (Å²) in [5.74, 6) is -1.35. The zero-order valence-electron chi connectivity index (χ0n) is 5.25. The van der Waals surface area contributed by atoms with Crippen molar-refractivity contribution in [1.29, 1.82) is 0 Å². The van der Waals surface area contributed by atoms with E-state index in [1.165, 1.54) is 0 Å². The second-order valence-corrected chi connectivity index (χ2v) is 4.19. The number of hydrogen-bond acceptors (Lipinski definition) is 5. The van der Waals surface area contributed by atoms with Crippen LogP contribution in [0.3, 0.4) is 0 Å². The Bertz CT molecular complexity index is 186. The molecule has 1 unspecified atom stereocenters. The molecule has 0 heterocycles. The Morgan fingerprint density at radius 2 is 2.09 bits per heavy atom. The van der Waals surface area contributed by atoms with Crippen LogP contribution in [0.2, 0.25) is 0 Å². The molecule has 1 atom stereocenters. The molecule has 11 heavy (non-hydrogen) atoms. The smallest absolute Gasteiger partial charge is 0.377 e. The van der Waals surface area contributed by atoms with Crippen LogP contribution in [0.1, 0.15) is 0 Å². The van der Waals surface area contributed by atoms with Crippen LogP contribution in [-0.2, 0) is 21.1 Å². The van der Waals surface area contributed by atoms with E-state index >= 15 is 0 Å². The van der Waals surface area contributed by atoms with Gasteiger partial charge < -0.3 is 24.5 Å². The maximum atomic E-state index is 10.4. The molecule has 0 amide bonds. The first-order valence-corrected chi connectivity index (χ1v) is 5.07. The van der Waals surface area contributed by atoms with Gasteiger partial charge in [-0.3, -0.25) is 0 Å². The summed E-state index contributed by atoms with van der Waals surface area (Å²) in [5.41, 5.74) is 0. The highest BCUT2D eigenvalue weighted by Gasteiger charge is 2.21. The lowest BCUT2D eigenvalue weighted by atomic mass is 10.4. The summed E-state index contributed by atoms with van der Waals surface area (Å²) in [5, 5.41) is 16.7. The minimum atomic E-state index is -4.08. The normalized spacial score (nSPS) is 14.2. The van der Waals surface area contributed by atoms with E-state index in [2.05, 4.69) is 16.3 Å². The molecule has 0 spiro atoms. The Hall–Kier alpha value is -0.0400. The molecule has 0 aliphatic rings. The Balaban J connectivity index is 3.99. The summed E-state index contributed by atoms with van der Waals surface area (Å²) >= 11 is 3.91. The molecule has 0 saturated heterocycles. The number of rotatable bonds is 3. The molecule has 0 aromatic heterocycles. The maximum absolute atomic E-state index is 10.4. The number of hydrogen-bond donors (Lipinski definition) is 4. The van der Waals surface area contributed by atoms with E-state index in [1.807, 2.05) is 0 Å². The third kappa shape index (κ3) is 5.25. The van der Waals surface area contributed by atoms with Gasteiger partial charge in [0, 0.05) is 11.8 Å². The SMILES string of the molecule is O=C(OP(O)(O)=S)C(O)CO. The van der Waals surface area contributed by atoms with E-state index in [1.54, 1.807) is 0 Å². The van der Waals surface area contributed by atoms with Gasteiger partial charge in [0.1, 0.15) is 0 Å². The minimum Gasteiger partial charge on any atom is -0.393 e. The fourth-order valence-corrected chi connectivity index (χ4v) is 0.829. The fraction of sp³-hybridized carbons (Fsp3) is 0.667. The Kier molecular flexibility index (Phi) is 4.09. The van der Waals surface area contributed by atoms with Crippen LogP contribution >= 0.6 is 6.72 Å². The molecule has 0 bridgehead atoms. The molecule has 66 valence electrons. The molecular weight excluding hydrogens is 195 g/mol. The average Bonchev–Trinajstić information content (AvgIpc) is 1.82. The Labute approximate surface area is 67.3 Å². The lowest BCUT2D eigenvalue weighted by molar-refractivity contribution is -0.146. The molecule has 0 rings (SSSR count). The number of carbonyl (C=O) groups excluding carboxylic acids is 1. The van der Waals surface area contributed by atoms with Crippen LogP contribution in [0.15, 0.2) is 0 Å². The van der Waals surface area contributed by atoms with E-state index in [-0.39, 0.29) is 0 Å². The predicted molar refractivity (Wildman–Crippen MR) is 37.9 cm³/mol. The van der Waals surface area contributed by atoms with Crippen LogP contribution in [0.25, 0.3) is 0 Å². The largest absolute Gasteiger partial charge is 0.393 e. The number of carbonyl (C=O) groups is 1. The molecular formula is C3H7O6PS. The predicted octanol–water partition coefficient (Wildman–Crippen LogP) is -1.91. The topological polar surface area (TPSA) is 107 Å². The van der Waals surface area contributed by atoms with Crippen molar-refractivity contribution in [3.63, 3.8) is 0 Å². The summed E-state index contributed by atoms with van der Waals surface area (Å²) < 4.78 is 3.78. The van der Waals surface area contributed by atoms with Gasteiger partial charge in [-0.1, -0.05) is 0 Å². The van der Waals surface area contributed by atoms with Crippen molar-refractivity contribution in [2.24, 2.45) is 0 Å². The van der Waals surface area contributed by atoms with Gasteiger partial charge in [-0.15, -0.1) is 0 Å². The molecule has 0 fully saturated rings. The van der Waals surface area contributed by atoms with Gasteiger partial charge in [0.15, 0.2) is 6.10 Å². The monoisotopic (exact) mass is 202 g/mol. The van der Waals surface area contributed by atoms with E-state index in [0.29, 0.717) is 0 Å². The van der Waals surface area contributed by atoms with E-state index in [4.69, 9.17) is 20.0 Å². The first-order chi connectivity index (χ1) is 4.87. The van der Waals surface area contributed by atoms with Gasteiger partial charge in [-0.2, -0.15) is 0 Å². The maximum Gasteiger partial charge on any atom is 0.377 e. The highest BCUT2D eigenvalue weighted by atomic mass is 32.5. The molecule has 0 saturated carbocycles. The van der Waals surface area contributed by atoms with Crippen molar-refractivity contribution in [2.75, 3.05) is 6.61 Å². The molecule has 8 heteroatoms. The van der Waals surface area contributed by atoms with Crippen LogP contribution in [0, 0.1) is 0 Å². The first-order valence-electron chi connectivity index (χ1n) is 2.44. The lowest BCUT2D eigenvalue weighted by Crippen LogP contribution is -2.25. The van der Waals surface area contributed by atoms with Gasteiger partial charge in [-0.25, -0.2) is 4.79 Å². The summed E-state index contributed by atoms with van der Waals surface area (Å²) in [6.07, 6.45) is -1.78. The molecule has 0 aliphatic carbocycles. The number of aliphatic hydroxyl groups is 2. The van der Waals surface area contributed by atoms with Gasteiger partial charge in [0.2, 0.25) is 0 Å². The van der Waals surface area contributed by atoms with Gasteiger partial charge in [0.05, 0.1) is 6.61 Å².